The number of hydrogen-bond donors (Lipinski definition) is 0. The van der Waals surface area contributed by atoms with E-state index in [1.807, 2.05) is 51.1 Å². The first-order valence-corrected chi connectivity index (χ1v) is 10.7. The number of nitrogens with zero attached hydrogens (tertiary/aromatic N) is 1. The summed E-state index contributed by atoms with van der Waals surface area (Å²) >= 11 is 0. The van der Waals surface area contributed by atoms with E-state index < -0.39 is 28.0 Å². The summed E-state index contributed by atoms with van der Waals surface area (Å²) in [5.74, 6) is -1.07. The molecule has 0 aliphatic rings. The minimum atomic E-state index is -3.44. The van der Waals surface area contributed by atoms with Crippen LogP contribution in [0.25, 0.3) is 0 Å². The quantitative estimate of drug-likeness (QED) is 0.693. The lowest BCUT2D eigenvalue weighted by atomic mass is 10.0. The summed E-state index contributed by atoms with van der Waals surface area (Å²) in [6.07, 6.45) is 1.06. The van der Waals surface area contributed by atoms with Gasteiger partial charge in [-0.2, -0.15) is 0 Å². The molecule has 1 amide bonds. The van der Waals surface area contributed by atoms with Crippen molar-refractivity contribution in [3.8, 4) is 0 Å². The molecule has 0 heterocycles. The van der Waals surface area contributed by atoms with E-state index in [4.69, 9.17) is 4.74 Å². The summed E-state index contributed by atoms with van der Waals surface area (Å²) in [5.41, 5.74) is 0.592. The largest absolute Gasteiger partial charge is 0.452 e. The van der Waals surface area contributed by atoms with Crippen molar-refractivity contribution in [1.82, 2.24) is 4.90 Å². The molecular weight excluding hydrogens is 378 g/mol. The maximum Gasteiger partial charge on any atom is 0.338 e. The summed E-state index contributed by atoms with van der Waals surface area (Å²) in [4.78, 5) is 26.6. The molecule has 28 heavy (non-hydrogen) atoms. The summed E-state index contributed by atoms with van der Waals surface area (Å²) in [7, 11) is -3.44. The maximum atomic E-state index is 12.7. The molecule has 0 aliphatic carbocycles. The number of hydrogen-bond acceptors (Lipinski definition) is 5. The van der Waals surface area contributed by atoms with Gasteiger partial charge in [-0.25, -0.2) is 13.2 Å². The van der Waals surface area contributed by atoms with Crippen LogP contribution in [0.15, 0.2) is 59.5 Å². The lowest BCUT2D eigenvalue weighted by Gasteiger charge is -2.35. The van der Waals surface area contributed by atoms with Gasteiger partial charge in [0.2, 0.25) is 0 Å². The highest BCUT2D eigenvalue weighted by Crippen LogP contribution is 2.18. The van der Waals surface area contributed by atoms with E-state index in [0.29, 0.717) is 6.54 Å². The lowest BCUT2D eigenvalue weighted by Crippen LogP contribution is -2.46. The summed E-state index contributed by atoms with van der Waals surface area (Å²) in [5, 5.41) is 0. The number of rotatable bonds is 6. The molecule has 0 saturated heterocycles. The fourth-order valence-electron chi connectivity index (χ4n) is 2.61. The van der Waals surface area contributed by atoms with Gasteiger partial charge >= 0.3 is 5.97 Å². The van der Waals surface area contributed by atoms with Crippen molar-refractivity contribution in [2.24, 2.45) is 0 Å². The van der Waals surface area contributed by atoms with E-state index in [9.17, 15) is 18.0 Å². The van der Waals surface area contributed by atoms with Gasteiger partial charge in [-0.15, -0.1) is 0 Å². The van der Waals surface area contributed by atoms with E-state index in [2.05, 4.69) is 0 Å². The van der Waals surface area contributed by atoms with Gasteiger partial charge in [0.25, 0.3) is 5.91 Å². The predicted molar refractivity (Wildman–Crippen MR) is 107 cm³/mol. The van der Waals surface area contributed by atoms with E-state index in [-0.39, 0.29) is 16.4 Å². The minimum absolute atomic E-state index is 0.0219. The van der Waals surface area contributed by atoms with Crippen LogP contribution < -0.4 is 0 Å². The zero-order valence-electron chi connectivity index (χ0n) is 16.5. The lowest BCUT2D eigenvalue weighted by molar-refractivity contribution is -0.140. The molecule has 0 fully saturated rings. The van der Waals surface area contributed by atoms with E-state index >= 15 is 0 Å². The Bertz CT molecular complexity index is 946. The minimum Gasteiger partial charge on any atom is -0.452 e. The molecule has 7 heteroatoms. The molecular formula is C21H25NO5S. The van der Waals surface area contributed by atoms with E-state index in [1.165, 1.54) is 24.3 Å². The first-order valence-electron chi connectivity index (χ1n) is 8.80. The predicted octanol–water partition coefficient (Wildman–Crippen LogP) is 3.07. The molecule has 0 spiro atoms. The van der Waals surface area contributed by atoms with Crippen LogP contribution in [-0.4, -0.2) is 43.6 Å². The third-order valence-corrected chi connectivity index (χ3v) is 5.23. The Labute approximate surface area is 166 Å². The van der Waals surface area contributed by atoms with Crippen molar-refractivity contribution >= 4 is 21.7 Å². The monoisotopic (exact) mass is 403 g/mol. The van der Waals surface area contributed by atoms with Crippen LogP contribution in [0.3, 0.4) is 0 Å². The van der Waals surface area contributed by atoms with Gasteiger partial charge in [-0.3, -0.25) is 4.79 Å². The molecule has 0 aliphatic heterocycles. The molecule has 150 valence electrons. The van der Waals surface area contributed by atoms with E-state index in [1.54, 1.807) is 4.90 Å². The standard InChI is InChI=1S/C21H25NO5S/c1-21(2,3)22(14-16-9-6-5-7-10-16)19(23)15-27-20(24)17-11-8-12-18(13-17)28(4,25)26/h5-13H,14-15H2,1-4H3. The van der Waals surface area contributed by atoms with Crippen molar-refractivity contribution in [3.05, 3.63) is 65.7 Å². The van der Waals surface area contributed by atoms with Crippen molar-refractivity contribution in [1.29, 1.82) is 0 Å². The fraction of sp³-hybridized carbons (Fsp3) is 0.333. The van der Waals surface area contributed by atoms with Gasteiger partial charge in [0.1, 0.15) is 0 Å². The SMILES string of the molecule is CC(C)(C)N(Cc1ccccc1)C(=O)COC(=O)c1cccc(S(C)(=O)=O)c1. The highest BCUT2D eigenvalue weighted by molar-refractivity contribution is 7.90. The summed E-state index contributed by atoms with van der Waals surface area (Å²) in [6.45, 7) is 5.69. The second-order valence-corrected chi connectivity index (χ2v) is 9.53. The average Bonchev–Trinajstić information content (AvgIpc) is 2.63. The van der Waals surface area contributed by atoms with Gasteiger partial charge in [-0.1, -0.05) is 36.4 Å². The maximum absolute atomic E-state index is 12.7. The molecule has 2 rings (SSSR count). The molecule has 0 unspecified atom stereocenters. The summed E-state index contributed by atoms with van der Waals surface area (Å²) in [6, 6.07) is 15.1. The Morgan fingerprint density at radius 3 is 2.21 bits per heavy atom. The number of carbonyl (C=O) groups is 2. The highest BCUT2D eigenvalue weighted by Gasteiger charge is 2.27. The number of ether oxygens (including phenoxy) is 1. The number of carbonyl (C=O) groups excluding carboxylic acids is 2. The molecule has 0 N–H and O–H groups in total. The summed E-state index contributed by atoms with van der Waals surface area (Å²) < 4.78 is 28.4. The van der Waals surface area contributed by atoms with Crippen molar-refractivity contribution in [2.45, 2.75) is 37.8 Å². The van der Waals surface area contributed by atoms with Gasteiger partial charge in [0, 0.05) is 18.3 Å². The van der Waals surface area contributed by atoms with Crippen LogP contribution in [-0.2, 0) is 25.9 Å². The second kappa shape index (κ2) is 8.56. The molecule has 0 aromatic heterocycles. The smallest absolute Gasteiger partial charge is 0.338 e. The van der Waals surface area contributed by atoms with Crippen LogP contribution in [0, 0.1) is 0 Å². The number of esters is 1. The van der Waals surface area contributed by atoms with Crippen molar-refractivity contribution in [3.63, 3.8) is 0 Å². The number of amides is 1. The van der Waals surface area contributed by atoms with Crippen molar-refractivity contribution < 1.29 is 22.7 Å². The Balaban J connectivity index is 2.09. The van der Waals surface area contributed by atoms with Crippen LogP contribution in [0.2, 0.25) is 0 Å². The number of benzene rings is 2. The Kier molecular flexibility index (Phi) is 6.61. The molecule has 0 bridgehead atoms. The molecule has 0 radical (unpaired) electrons. The Morgan fingerprint density at radius 1 is 1.00 bits per heavy atom. The molecule has 0 atom stereocenters. The Morgan fingerprint density at radius 2 is 1.64 bits per heavy atom. The Hall–Kier alpha value is -2.67. The van der Waals surface area contributed by atoms with Crippen LogP contribution in [0.4, 0.5) is 0 Å². The zero-order valence-corrected chi connectivity index (χ0v) is 17.3. The van der Waals surface area contributed by atoms with Crippen molar-refractivity contribution in [2.75, 3.05) is 12.9 Å². The van der Waals surface area contributed by atoms with Gasteiger partial charge < -0.3 is 9.64 Å². The van der Waals surface area contributed by atoms with Gasteiger partial charge in [0.05, 0.1) is 10.5 Å². The molecule has 2 aromatic rings. The van der Waals surface area contributed by atoms with Crippen LogP contribution in [0.5, 0.6) is 0 Å². The molecule has 0 saturated carbocycles. The van der Waals surface area contributed by atoms with Crippen LogP contribution in [0.1, 0.15) is 36.7 Å². The van der Waals surface area contributed by atoms with Gasteiger partial charge in [-0.05, 0) is 44.5 Å². The third kappa shape index (κ3) is 5.92. The fourth-order valence-corrected chi connectivity index (χ4v) is 3.27. The topological polar surface area (TPSA) is 80.8 Å². The average molecular weight is 404 g/mol. The first-order chi connectivity index (χ1) is 13.0. The first kappa shape index (κ1) is 21.6. The van der Waals surface area contributed by atoms with Gasteiger partial charge in [0.15, 0.2) is 16.4 Å². The van der Waals surface area contributed by atoms with Crippen LogP contribution >= 0.6 is 0 Å². The highest BCUT2D eigenvalue weighted by atomic mass is 32.2. The molecule has 6 nitrogen and oxygen atoms in total. The molecule has 2 aromatic carbocycles. The normalized spacial score (nSPS) is 11.7. The number of sulfone groups is 1. The second-order valence-electron chi connectivity index (χ2n) is 7.51. The zero-order chi connectivity index (χ0) is 20.9. The van der Waals surface area contributed by atoms with E-state index in [0.717, 1.165) is 11.8 Å². The third-order valence-electron chi connectivity index (χ3n) is 4.12.